The number of hydrogen-bond donors (Lipinski definition) is 2. The van der Waals surface area contributed by atoms with Gasteiger partial charge in [-0.25, -0.2) is 43.9 Å². The highest BCUT2D eigenvalue weighted by Gasteiger charge is 2.33. The summed E-state index contributed by atoms with van der Waals surface area (Å²) in [7, 11) is -9.28. The molecule has 472 valence electrons. The van der Waals surface area contributed by atoms with Crippen molar-refractivity contribution in [3.8, 4) is 45.5 Å². The molecular weight excluding hydrogens is 1380 g/mol. The van der Waals surface area contributed by atoms with E-state index in [-0.39, 0.29) is 80.3 Å². The van der Waals surface area contributed by atoms with Gasteiger partial charge in [-0.1, -0.05) is 24.3 Å². The molecule has 0 bridgehead atoms. The van der Waals surface area contributed by atoms with Crippen LogP contribution < -0.4 is 34.4 Å². The van der Waals surface area contributed by atoms with Crippen molar-refractivity contribution < 1.29 is 106 Å². The zero-order valence-electron chi connectivity index (χ0n) is 45.1. The van der Waals surface area contributed by atoms with Gasteiger partial charge < -0.3 is 27.9 Å². The van der Waals surface area contributed by atoms with Crippen LogP contribution in [0.15, 0.2) is 157 Å². The van der Waals surface area contributed by atoms with E-state index in [2.05, 4.69) is 24.3 Å². The van der Waals surface area contributed by atoms with E-state index in [4.69, 9.17) is 19.5 Å². The topological polar surface area (TPSA) is 190 Å². The van der Waals surface area contributed by atoms with Gasteiger partial charge in [-0.15, -0.1) is 0 Å². The molecule has 2 unspecified atom stereocenters. The minimum atomic E-state index is -5.18. The van der Waals surface area contributed by atoms with E-state index in [0.29, 0.717) is 11.0 Å². The van der Waals surface area contributed by atoms with Gasteiger partial charge >= 0.3 is 27.4 Å². The molecule has 8 aromatic carbocycles. The average molecular weight is 1410 g/mol. The molecule has 90 heavy (non-hydrogen) atoms. The van der Waals surface area contributed by atoms with E-state index in [0.717, 1.165) is 81.9 Å². The Labute approximate surface area is 512 Å². The van der Waals surface area contributed by atoms with Gasteiger partial charge in [-0.3, -0.25) is 18.7 Å². The molecule has 0 saturated heterocycles. The molecule has 0 fully saturated rings. The number of rotatable bonds is 12. The summed E-state index contributed by atoms with van der Waals surface area (Å²) < 4.78 is 263. The Morgan fingerprint density at radius 1 is 0.433 bits per heavy atom. The first-order chi connectivity index (χ1) is 41.4. The normalized spacial score (nSPS) is 11.1. The summed E-state index contributed by atoms with van der Waals surface area (Å²) in [6.45, 7) is 0. The Balaban J connectivity index is 0.000000245. The molecule has 0 amide bonds. The molecule has 2 atom stereocenters. The third-order valence-electron chi connectivity index (χ3n) is 12.3. The molecule has 0 aliphatic rings. The third kappa shape index (κ3) is 14.3. The van der Waals surface area contributed by atoms with E-state index >= 15 is 4.39 Å². The minimum Gasteiger partial charge on any atom is -0.495 e. The highest BCUT2D eigenvalue weighted by molar-refractivity contribution is 9.10. The van der Waals surface area contributed by atoms with Gasteiger partial charge in [0, 0.05) is 40.6 Å². The SMILES string of the molecule is COc1cc(-c2ccc(F)cc2)c(F)cc1-n1c(=O)ccc2cc(S(=O)(=O)Oc3c(F)c(F)c(F)c(F)c3F)ccc21.COc1cc(Br)c(F)cc1-n1c(=O)ccc2cc(S(=O)(=O)Oc3c(F)c(F)c(F)c(F)c3F)ccc21.OB(O)c1ccc(F)cc1.P.P. The van der Waals surface area contributed by atoms with E-state index in [1.54, 1.807) is 0 Å². The van der Waals surface area contributed by atoms with Gasteiger partial charge in [0.2, 0.25) is 69.7 Å². The summed E-state index contributed by atoms with van der Waals surface area (Å²) in [6.07, 6.45) is 0. The van der Waals surface area contributed by atoms with Gasteiger partial charge in [0.05, 0.1) is 41.1 Å². The monoisotopic (exact) mass is 1410 g/mol. The van der Waals surface area contributed by atoms with Crippen LogP contribution in [-0.4, -0.2) is 57.4 Å². The standard InChI is InChI=1S/C28H14F7NO5S.C22H10BrF6NO5S.C6H6BFO2.2H3P/c1-40-21-11-17(13-2-5-15(29)6-3-13)18(30)12-20(21)36-19-8-7-16(10-14(19)4-9-22(36)37)42(38,39)41-28-26(34)24(32)23(31)25(33)27(28)35;1-34-15-7-11(23)12(24)8-14(15)30-13-4-3-10(6-9(13)2-5-16(30)31)36(32,33)35-22-20(28)18(26)17(25)19(27)21(22)29;8-6-3-1-5(2-4-6)7(9)10;;/h2-12H,1H3;2-8H,1H3;1-4,9-10H;2*1H3. The quantitative estimate of drug-likeness (QED) is 0.0294. The molecule has 2 N–H and O–H groups in total. The van der Waals surface area contributed by atoms with Crippen LogP contribution in [0.25, 0.3) is 44.3 Å². The van der Waals surface area contributed by atoms with Gasteiger partial charge in [0.15, 0.2) is 0 Å². The van der Waals surface area contributed by atoms with E-state index in [9.17, 15) is 83.5 Å². The summed E-state index contributed by atoms with van der Waals surface area (Å²) in [5.41, 5.74) is -0.732. The van der Waals surface area contributed by atoms with E-state index < -0.39 is 135 Å². The van der Waals surface area contributed by atoms with Crippen LogP contribution >= 0.6 is 35.7 Å². The Bertz CT molecular complexity index is 4760. The van der Waals surface area contributed by atoms with Gasteiger partial charge in [0.25, 0.3) is 11.1 Å². The third-order valence-corrected chi connectivity index (χ3v) is 15.4. The molecule has 0 aliphatic heterocycles. The lowest BCUT2D eigenvalue weighted by Crippen LogP contribution is -2.29. The molecule has 10 aromatic rings. The number of nitrogens with zero attached hydrogens (tertiary/aromatic N) is 2. The molecular formula is C56H36BBrF14N2O12P2S2. The maximum atomic E-state index is 15.2. The van der Waals surface area contributed by atoms with Crippen LogP contribution in [0.3, 0.4) is 0 Å². The van der Waals surface area contributed by atoms with Crippen molar-refractivity contribution in [2.75, 3.05) is 14.2 Å². The molecule has 2 heterocycles. The maximum Gasteiger partial charge on any atom is 0.488 e. The summed E-state index contributed by atoms with van der Waals surface area (Å²) >= 11 is 3.00. The number of ether oxygens (including phenoxy) is 2. The molecule has 10 rings (SSSR count). The van der Waals surface area contributed by atoms with E-state index in [1.807, 2.05) is 0 Å². The van der Waals surface area contributed by atoms with Crippen LogP contribution in [0.1, 0.15) is 0 Å². The number of benzene rings is 8. The zero-order valence-corrected chi connectivity index (χ0v) is 51.1. The van der Waals surface area contributed by atoms with Crippen LogP contribution in [0.4, 0.5) is 61.5 Å². The fourth-order valence-electron chi connectivity index (χ4n) is 8.11. The molecule has 0 spiro atoms. The van der Waals surface area contributed by atoms with Crippen molar-refractivity contribution >= 4 is 90.4 Å². The maximum absolute atomic E-state index is 15.2. The number of hydrogen-bond acceptors (Lipinski definition) is 12. The van der Waals surface area contributed by atoms with Crippen molar-refractivity contribution in [2.45, 2.75) is 9.79 Å². The molecule has 0 saturated carbocycles. The summed E-state index contributed by atoms with van der Waals surface area (Å²) in [6, 6.07) is 24.6. The summed E-state index contributed by atoms with van der Waals surface area (Å²) in [5.74, 6) is -30.9. The highest BCUT2D eigenvalue weighted by atomic mass is 79.9. The molecule has 14 nitrogen and oxygen atoms in total. The van der Waals surface area contributed by atoms with Crippen molar-refractivity contribution in [1.29, 1.82) is 0 Å². The summed E-state index contributed by atoms with van der Waals surface area (Å²) in [4.78, 5) is 24.0. The highest BCUT2D eigenvalue weighted by Crippen LogP contribution is 2.37. The molecule has 2 aromatic heterocycles. The number of fused-ring (bicyclic) bond motifs is 2. The lowest BCUT2D eigenvalue weighted by molar-refractivity contribution is 0.346. The number of methoxy groups -OCH3 is 2. The predicted molar refractivity (Wildman–Crippen MR) is 312 cm³/mol. The predicted octanol–water partition coefficient (Wildman–Crippen LogP) is 11.4. The Hall–Kier alpha value is -8.38. The van der Waals surface area contributed by atoms with E-state index in [1.165, 1.54) is 74.9 Å². The fourth-order valence-corrected chi connectivity index (χ4v) is 10.4. The zero-order chi connectivity index (χ0) is 64.6. The Morgan fingerprint density at radius 2 is 0.789 bits per heavy atom. The van der Waals surface area contributed by atoms with Crippen LogP contribution in [0.5, 0.6) is 23.0 Å². The van der Waals surface area contributed by atoms with Gasteiger partial charge in [-0.2, -0.15) is 54.2 Å². The Morgan fingerprint density at radius 3 is 1.17 bits per heavy atom. The second-order valence-electron chi connectivity index (χ2n) is 17.7. The Kier molecular flexibility index (Phi) is 22.2. The lowest BCUT2D eigenvalue weighted by Gasteiger charge is -2.16. The van der Waals surface area contributed by atoms with Crippen molar-refractivity contribution in [1.82, 2.24) is 9.13 Å². The van der Waals surface area contributed by atoms with Crippen LogP contribution in [0, 0.1) is 81.4 Å². The lowest BCUT2D eigenvalue weighted by atomic mass is 9.80. The smallest absolute Gasteiger partial charge is 0.488 e. The van der Waals surface area contributed by atoms with Crippen molar-refractivity contribution in [3.05, 3.63) is 240 Å². The van der Waals surface area contributed by atoms with Crippen molar-refractivity contribution in [3.63, 3.8) is 0 Å². The second kappa shape index (κ2) is 28.2. The van der Waals surface area contributed by atoms with Crippen LogP contribution in [-0.2, 0) is 20.2 Å². The van der Waals surface area contributed by atoms with Gasteiger partial charge in [-0.05, 0) is 112 Å². The van der Waals surface area contributed by atoms with Gasteiger partial charge in [0.1, 0.15) is 44.6 Å². The molecule has 34 heteroatoms. The number of pyridine rings is 2. The molecule has 0 radical (unpaired) electrons. The molecule has 0 aliphatic carbocycles. The number of halogens is 15. The first-order valence-electron chi connectivity index (χ1n) is 23.9. The van der Waals surface area contributed by atoms with Crippen LogP contribution in [0.2, 0.25) is 0 Å². The van der Waals surface area contributed by atoms with Crippen molar-refractivity contribution in [2.24, 2.45) is 0 Å². The first kappa shape index (κ1) is 70.7. The average Bonchev–Trinajstić information content (AvgIpc) is 0.810. The summed E-state index contributed by atoms with van der Waals surface area (Å²) in [5, 5.41) is 17.2. The number of aromatic nitrogens is 2. The first-order valence-corrected chi connectivity index (χ1v) is 27.5. The fraction of sp³-hybridized carbons (Fsp3) is 0.0357. The largest absolute Gasteiger partial charge is 0.495 e. The minimum absolute atomic E-state index is 0. The second-order valence-corrected chi connectivity index (χ2v) is 21.6.